The first-order valence-corrected chi connectivity index (χ1v) is 28.2. The van der Waals surface area contributed by atoms with Crippen LogP contribution in [0.2, 0.25) is 0 Å². The lowest BCUT2D eigenvalue weighted by Crippen LogP contribution is -2.10. The van der Waals surface area contributed by atoms with Gasteiger partial charge in [0.15, 0.2) is 0 Å². The topological polar surface area (TPSA) is 0 Å². The fraction of sp³-hybridized carbons (Fsp3) is 0.333. The standard InChI is InChI=1S/C12H14S.C11H12S.C10H10S.C9H8S.C8H6S.5C2H6/c1-12(2,3)10-4-5-11-9(8-10)6-7-13-11;1-8(2)9-3-4-11-10(7-9)5-6-12-11;1-2-8-3-4-10-9(7-8)5-6-11-10;1-7-2-3-9-8(6-7)4-5-10-9;1-2-4-8-7(3-1)5-6-9-8;5*1-2/h4-8H,1-3H3;3-8H,1-2H3;3-7H,2H2,1H3;2-6H,1H3;1-6H;5*1-2H3. The van der Waals surface area contributed by atoms with Crippen LogP contribution in [0.5, 0.6) is 0 Å². The van der Waals surface area contributed by atoms with Crippen LogP contribution in [-0.4, -0.2) is 0 Å². The molecular weight excluding hydrogens is 881 g/mol. The largest absolute Gasteiger partial charge is 0.144 e. The molecule has 5 heterocycles. The number of benzene rings is 5. The highest BCUT2D eigenvalue weighted by Gasteiger charge is 2.13. The summed E-state index contributed by atoms with van der Waals surface area (Å²) in [6, 6.07) is 46.0. The summed E-state index contributed by atoms with van der Waals surface area (Å²) in [5.41, 5.74) is 5.87. The first kappa shape index (κ1) is 58.9. The maximum Gasteiger partial charge on any atom is 0.0342 e. The molecule has 0 fully saturated rings. The van der Waals surface area contributed by atoms with Gasteiger partial charge in [0.2, 0.25) is 0 Å². The summed E-state index contributed by atoms with van der Waals surface area (Å²) >= 11 is 9.00. The molecule has 0 aliphatic rings. The van der Waals surface area contributed by atoms with Crippen LogP contribution in [0, 0.1) is 6.92 Å². The van der Waals surface area contributed by atoms with Crippen molar-refractivity contribution in [1.29, 1.82) is 0 Å². The third-order valence-electron chi connectivity index (χ3n) is 9.36. The van der Waals surface area contributed by atoms with Gasteiger partial charge in [-0.3, -0.25) is 0 Å². The molecule has 0 saturated heterocycles. The van der Waals surface area contributed by atoms with Crippen LogP contribution in [0.4, 0.5) is 0 Å². The average molecular weight is 962 g/mol. The van der Waals surface area contributed by atoms with Crippen LogP contribution in [0.1, 0.15) is 139 Å². The van der Waals surface area contributed by atoms with Crippen molar-refractivity contribution < 1.29 is 0 Å². The fourth-order valence-electron chi connectivity index (χ4n) is 6.01. The fourth-order valence-corrected chi connectivity index (χ4v) is 9.88. The molecule has 0 radical (unpaired) electrons. The minimum atomic E-state index is 0.260. The maximum atomic E-state index is 2.30. The lowest BCUT2D eigenvalue weighted by Gasteiger charge is -2.18. The predicted molar refractivity (Wildman–Crippen MR) is 313 cm³/mol. The summed E-state index contributed by atoms with van der Waals surface area (Å²) in [5, 5.41) is 17.5. The Morgan fingerprint density at radius 1 is 0.400 bits per heavy atom. The first-order valence-electron chi connectivity index (χ1n) is 23.8. The van der Waals surface area contributed by atoms with Crippen molar-refractivity contribution in [3.05, 3.63) is 177 Å². The Hall–Kier alpha value is -4.10. The Labute approximate surface area is 416 Å². The second-order valence-corrected chi connectivity index (χ2v) is 19.6. The van der Waals surface area contributed by atoms with Gasteiger partial charge in [-0.1, -0.05) is 177 Å². The molecule has 0 aliphatic carbocycles. The van der Waals surface area contributed by atoms with E-state index in [1.54, 1.807) is 45.3 Å². The number of hydrogen-bond donors (Lipinski definition) is 0. The third-order valence-corrected chi connectivity index (χ3v) is 13.8. The van der Waals surface area contributed by atoms with Gasteiger partial charge in [0.05, 0.1) is 0 Å². The number of rotatable bonds is 2. The normalized spacial score (nSPS) is 9.82. The maximum absolute atomic E-state index is 2.30. The van der Waals surface area contributed by atoms with Crippen molar-refractivity contribution in [3.8, 4) is 0 Å². The molecule has 350 valence electrons. The molecule has 5 aromatic carbocycles. The van der Waals surface area contributed by atoms with E-state index in [1.807, 2.05) is 80.6 Å². The Kier molecular flexibility index (Phi) is 30.3. The van der Waals surface area contributed by atoms with E-state index in [9.17, 15) is 0 Å². The minimum Gasteiger partial charge on any atom is -0.144 e. The van der Waals surface area contributed by atoms with E-state index in [0.29, 0.717) is 5.92 Å². The lowest BCUT2D eigenvalue weighted by atomic mass is 9.87. The number of aryl methyl sites for hydroxylation is 2. The van der Waals surface area contributed by atoms with Crippen molar-refractivity contribution in [1.82, 2.24) is 0 Å². The lowest BCUT2D eigenvalue weighted by molar-refractivity contribution is 0.591. The summed E-state index contributed by atoms with van der Waals surface area (Å²) in [6.45, 7) is 35.5. The quantitative estimate of drug-likeness (QED) is 0.162. The molecule has 65 heavy (non-hydrogen) atoms. The number of thiophene rings is 5. The van der Waals surface area contributed by atoms with Crippen LogP contribution >= 0.6 is 56.7 Å². The highest BCUT2D eigenvalue weighted by molar-refractivity contribution is 7.18. The molecule has 0 spiro atoms. The van der Waals surface area contributed by atoms with Crippen molar-refractivity contribution in [3.63, 3.8) is 0 Å². The Morgan fingerprint density at radius 3 is 1.25 bits per heavy atom. The molecule has 0 unspecified atom stereocenters. The summed E-state index contributed by atoms with van der Waals surface area (Å²) < 4.78 is 6.91. The number of fused-ring (bicyclic) bond motifs is 5. The Bertz CT molecular complexity index is 2650. The molecule has 0 nitrogen and oxygen atoms in total. The molecule has 0 saturated carbocycles. The third kappa shape index (κ3) is 19.7. The van der Waals surface area contributed by atoms with Crippen LogP contribution < -0.4 is 0 Å². The molecule has 10 aromatic rings. The van der Waals surface area contributed by atoms with Gasteiger partial charge in [-0.2, -0.15) is 0 Å². The zero-order chi connectivity index (χ0) is 48.8. The summed E-state index contributed by atoms with van der Waals surface area (Å²) in [5.74, 6) is 0.634. The summed E-state index contributed by atoms with van der Waals surface area (Å²) in [6.07, 6.45) is 1.13. The average Bonchev–Trinajstić information content (AvgIpc) is 4.23. The zero-order valence-electron chi connectivity index (χ0n) is 42.8. The molecule has 0 amide bonds. The van der Waals surface area contributed by atoms with Gasteiger partial charge in [0.25, 0.3) is 0 Å². The van der Waals surface area contributed by atoms with E-state index < -0.39 is 0 Å². The Balaban J connectivity index is 0.000000388. The highest BCUT2D eigenvalue weighted by atomic mass is 32.1. The van der Waals surface area contributed by atoms with E-state index >= 15 is 0 Å². The zero-order valence-corrected chi connectivity index (χ0v) is 46.9. The van der Waals surface area contributed by atoms with E-state index in [0.717, 1.165) is 6.42 Å². The van der Waals surface area contributed by atoms with Gasteiger partial charge < -0.3 is 0 Å². The number of hydrogen-bond acceptors (Lipinski definition) is 5. The highest BCUT2D eigenvalue weighted by Crippen LogP contribution is 2.29. The molecular formula is C60H80S5. The van der Waals surface area contributed by atoms with Crippen LogP contribution in [0.3, 0.4) is 0 Å². The smallest absolute Gasteiger partial charge is 0.0342 e. The van der Waals surface area contributed by atoms with E-state index in [-0.39, 0.29) is 5.41 Å². The van der Waals surface area contributed by atoms with Gasteiger partial charge in [-0.05, 0) is 162 Å². The van der Waals surface area contributed by atoms with Gasteiger partial charge in [-0.25, -0.2) is 0 Å². The van der Waals surface area contributed by atoms with Crippen LogP contribution in [0.15, 0.2) is 154 Å². The molecule has 0 aliphatic heterocycles. The second kappa shape index (κ2) is 33.4. The molecule has 10 rings (SSSR count). The van der Waals surface area contributed by atoms with Gasteiger partial charge in [0, 0.05) is 23.5 Å². The van der Waals surface area contributed by atoms with E-state index in [2.05, 4.69) is 203 Å². The van der Waals surface area contributed by atoms with Crippen molar-refractivity contribution >= 4 is 107 Å². The van der Waals surface area contributed by atoms with Gasteiger partial charge >= 0.3 is 0 Å². The van der Waals surface area contributed by atoms with Gasteiger partial charge in [0.1, 0.15) is 0 Å². The minimum absolute atomic E-state index is 0.260. The van der Waals surface area contributed by atoms with Crippen molar-refractivity contribution in [2.75, 3.05) is 0 Å². The van der Waals surface area contributed by atoms with E-state index in [4.69, 9.17) is 0 Å². The Morgan fingerprint density at radius 2 is 0.785 bits per heavy atom. The monoisotopic (exact) mass is 960 g/mol. The van der Waals surface area contributed by atoms with Crippen LogP contribution in [0.25, 0.3) is 50.4 Å². The van der Waals surface area contributed by atoms with E-state index in [1.165, 1.54) is 72.7 Å². The second-order valence-electron chi connectivity index (χ2n) is 14.9. The summed E-state index contributed by atoms with van der Waals surface area (Å²) in [7, 11) is 0. The molecule has 5 aromatic heterocycles. The van der Waals surface area contributed by atoms with Crippen molar-refractivity contribution in [2.24, 2.45) is 0 Å². The molecule has 0 N–H and O–H groups in total. The predicted octanol–water partition coefficient (Wildman–Crippen LogP) is 22.9. The molecule has 0 atom stereocenters. The summed E-state index contributed by atoms with van der Waals surface area (Å²) in [4.78, 5) is 0. The van der Waals surface area contributed by atoms with Crippen LogP contribution in [-0.2, 0) is 11.8 Å². The molecule has 5 heteroatoms. The SMILES string of the molecule is CC.CC.CC.CC.CC.CC(C)(C)c1ccc2sccc2c1.CC(C)c1ccc2sccc2c1.CCc1ccc2sccc2c1.Cc1ccc2sccc2c1.c1ccc2sccc2c1. The molecule has 0 bridgehead atoms. The van der Waals surface area contributed by atoms with Gasteiger partial charge in [-0.15, -0.1) is 56.7 Å². The van der Waals surface area contributed by atoms with Crippen molar-refractivity contribution in [2.45, 2.75) is 135 Å². The first-order chi connectivity index (χ1) is 31.6.